The second-order valence-corrected chi connectivity index (χ2v) is 8.46. The second kappa shape index (κ2) is 10.3. The zero-order valence-corrected chi connectivity index (χ0v) is 18.6. The van der Waals surface area contributed by atoms with Gasteiger partial charge < -0.3 is 20.5 Å². The van der Waals surface area contributed by atoms with Gasteiger partial charge in [-0.15, -0.1) is 0 Å². The van der Waals surface area contributed by atoms with Crippen LogP contribution in [0, 0.1) is 5.92 Å². The summed E-state index contributed by atoms with van der Waals surface area (Å²) in [5.41, 5.74) is 4.47. The number of fused-ring (bicyclic) bond motifs is 3. The molecule has 0 bridgehead atoms. The first-order valence-electron chi connectivity index (χ1n) is 11.0. The van der Waals surface area contributed by atoms with E-state index in [0.29, 0.717) is 6.42 Å². The molecule has 2 aromatic rings. The molecule has 3 N–H and O–H groups in total. The van der Waals surface area contributed by atoms with Crippen LogP contribution < -0.4 is 10.6 Å². The van der Waals surface area contributed by atoms with Gasteiger partial charge in [-0.05, 0) is 41.0 Å². The van der Waals surface area contributed by atoms with Crippen molar-refractivity contribution in [3.05, 3.63) is 59.7 Å². The summed E-state index contributed by atoms with van der Waals surface area (Å²) in [5.74, 6) is -1.60. The van der Waals surface area contributed by atoms with Crippen molar-refractivity contribution < 1.29 is 24.2 Å². The smallest absolute Gasteiger partial charge is 0.407 e. The summed E-state index contributed by atoms with van der Waals surface area (Å²) in [6.45, 7) is 5.67. The van der Waals surface area contributed by atoms with E-state index in [1.165, 1.54) is 0 Å². The fourth-order valence-electron chi connectivity index (χ4n) is 4.10. The fourth-order valence-corrected chi connectivity index (χ4v) is 4.10. The van der Waals surface area contributed by atoms with Crippen molar-refractivity contribution in [1.82, 2.24) is 10.6 Å². The standard InChI is InChI=1S/C25H30N2O5/c1-4-21(24(29)30)26-23(28)22(13-15(2)3)27-25(31)32-14-20-18-11-7-5-9-16(18)17-10-6-8-12-19(17)20/h5-12,15,20-22H,4,13-14H2,1-3H3,(H,26,28)(H,27,31)(H,29,30)/t21-,22-/m1/s1. The summed E-state index contributed by atoms with van der Waals surface area (Å²) in [7, 11) is 0. The molecule has 7 heteroatoms. The highest BCUT2D eigenvalue weighted by molar-refractivity contribution is 5.89. The Labute approximate surface area is 188 Å². The summed E-state index contributed by atoms with van der Waals surface area (Å²) in [5, 5.41) is 14.3. The van der Waals surface area contributed by atoms with E-state index in [1.54, 1.807) is 6.92 Å². The molecular weight excluding hydrogens is 408 g/mol. The number of hydrogen-bond donors (Lipinski definition) is 3. The number of carboxylic acid groups (broad SMARTS) is 1. The van der Waals surface area contributed by atoms with Crippen LogP contribution in [0.3, 0.4) is 0 Å². The molecule has 0 saturated carbocycles. The third-order valence-electron chi connectivity index (χ3n) is 5.68. The maximum atomic E-state index is 12.6. The number of carbonyl (C=O) groups is 3. The van der Waals surface area contributed by atoms with Crippen LogP contribution in [0.4, 0.5) is 4.79 Å². The van der Waals surface area contributed by atoms with Crippen LogP contribution in [0.15, 0.2) is 48.5 Å². The van der Waals surface area contributed by atoms with Crippen LogP contribution in [0.2, 0.25) is 0 Å². The van der Waals surface area contributed by atoms with Crippen LogP contribution in [0.25, 0.3) is 11.1 Å². The first kappa shape index (κ1) is 23.3. The second-order valence-electron chi connectivity index (χ2n) is 8.46. The number of amides is 2. The van der Waals surface area contributed by atoms with Crippen molar-refractivity contribution in [2.75, 3.05) is 6.61 Å². The monoisotopic (exact) mass is 438 g/mol. The van der Waals surface area contributed by atoms with E-state index in [-0.39, 0.29) is 24.9 Å². The topological polar surface area (TPSA) is 105 Å². The largest absolute Gasteiger partial charge is 0.480 e. The Hall–Kier alpha value is -3.35. The molecule has 2 amide bonds. The lowest BCUT2D eigenvalue weighted by atomic mass is 9.98. The van der Waals surface area contributed by atoms with Crippen molar-refractivity contribution in [2.45, 2.75) is 51.6 Å². The van der Waals surface area contributed by atoms with E-state index in [9.17, 15) is 19.5 Å². The van der Waals surface area contributed by atoms with E-state index in [0.717, 1.165) is 22.3 Å². The zero-order valence-electron chi connectivity index (χ0n) is 18.6. The average Bonchev–Trinajstić information content (AvgIpc) is 3.08. The van der Waals surface area contributed by atoms with Crippen LogP contribution in [0.5, 0.6) is 0 Å². The van der Waals surface area contributed by atoms with E-state index in [1.807, 2.05) is 50.2 Å². The molecule has 2 aromatic carbocycles. The van der Waals surface area contributed by atoms with E-state index < -0.39 is 30.1 Å². The molecule has 1 aliphatic rings. The molecule has 0 radical (unpaired) electrons. The molecule has 0 fully saturated rings. The number of alkyl carbamates (subject to hydrolysis) is 1. The van der Waals surface area contributed by atoms with Crippen LogP contribution in [-0.2, 0) is 14.3 Å². The highest BCUT2D eigenvalue weighted by Crippen LogP contribution is 2.44. The van der Waals surface area contributed by atoms with Gasteiger partial charge in [0.15, 0.2) is 0 Å². The van der Waals surface area contributed by atoms with Gasteiger partial charge in [-0.25, -0.2) is 9.59 Å². The van der Waals surface area contributed by atoms with Crippen molar-refractivity contribution in [1.29, 1.82) is 0 Å². The van der Waals surface area contributed by atoms with Gasteiger partial charge in [-0.3, -0.25) is 4.79 Å². The Balaban J connectivity index is 1.67. The molecule has 3 rings (SSSR count). The van der Waals surface area contributed by atoms with Gasteiger partial charge in [0.25, 0.3) is 0 Å². The molecule has 0 aliphatic heterocycles. The minimum Gasteiger partial charge on any atom is -0.480 e. The number of carbonyl (C=O) groups excluding carboxylic acids is 2. The first-order valence-corrected chi connectivity index (χ1v) is 11.0. The minimum atomic E-state index is -1.11. The minimum absolute atomic E-state index is 0.0815. The number of benzene rings is 2. The third kappa shape index (κ3) is 5.28. The molecule has 1 aliphatic carbocycles. The predicted octanol–water partition coefficient (Wildman–Crippen LogP) is 3.92. The lowest BCUT2D eigenvalue weighted by Crippen LogP contribution is -2.52. The third-order valence-corrected chi connectivity index (χ3v) is 5.68. The van der Waals surface area contributed by atoms with Crippen LogP contribution in [0.1, 0.15) is 50.7 Å². The molecular formula is C25H30N2O5. The summed E-state index contributed by atoms with van der Waals surface area (Å²) < 4.78 is 5.53. The van der Waals surface area contributed by atoms with Crippen molar-refractivity contribution in [3.63, 3.8) is 0 Å². The maximum Gasteiger partial charge on any atom is 0.407 e. The van der Waals surface area contributed by atoms with Crippen LogP contribution >= 0.6 is 0 Å². The molecule has 0 saturated heterocycles. The van der Waals surface area contributed by atoms with Gasteiger partial charge in [0.1, 0.15) is 18.7 Å². The fraction of sp³-hybridized carbons (Fsp3) is 0.400. The van der Waals surface area contributed by atoms with Gasteiger partial charge in [0, 0.05) is 5.92 Å². The lowest BCUT2D eigenvalue weighted by Gasteiger charge is -2.22. The van der Waals surface area contributed by atoms with Gasteiger partial charge in [-0.2, -0.15) is 0 Å². The highest BCUT2D eigenvalue weighted by atomic mass is 16.5. The molecule has 0 aromatic heterocycles. The van der Waals surface area contributed by atoms with Gasteiger partial charge in [0.05, 0.1) is 0 Å². The van der Waals surface area contributed by atoms with Crippen LogP contribution in [-0.4, -0.2) is 41.8 Å². The van der Waals surface area contributed by atoms with Gasteiger partial charge in [0.2, 0.25) is 5.91 Å². The molecule has 7 nitrogen and oxygen atoms in total. The van der Waals surface area contributed by atoms with Crippen molar-refractivity contribution >= 4 is 18.0 Å². The Kier molecular flexibility index (Phi) is 7.51. The molecule has 0 heterocycles. The quantitative estimate of drug-likeness (QED) is 0.550. The number of hydrogen-bond acceptors (Lipinski definition) is 4. The number of carboxylic acids is 1. The molecule has 0 unspecified atom stereocenters. The van der Waals surface area contributed by atoms with E-state index >= 15 is 0 Å². The first-order chi connectivity index (χ1) is 15.3. The zero-order chi connectivity index (χ0) is 23.3. The Bertz CT molecular complexity index is 942. The molecule has 2 atom stereocenters. The molecule has 0 spiro atoms. The van der Waals surface area contributed by atoms with Gasteiger partial charge in [-0.1, -0.05) is 69.3 Å². The molecule has 170 valence electrons. The SMILES string of the molecule is CC[C@@H](NC(=O)[C@@H](CC(C)C)NC(=O)OCC1c2ccccc2-c2ccccc21)C(=O)O. The summed E-state index contributed by atoms with van der Waals surface area (Å²) in [4.78, 5) is 36.5. The summed E-state index contributed by atoms with van der Waals surface area (Å²) in [6, 6.07) is 14.2. The lowest BCUT2D eigenvalue weighted by molar-refractivity contribution is -0.142. The number of aliphatic carboxylic acids is 1. The van der Waals surface area contributed by atoms with Crippen molar-refractivity contribution in [2.24, 2.45) is 5.92 Å². The summed E-state index contributed by atoms with van der Waals surface area (Å²) >= 11 is 0. The Morgan fingerprint density at radius 3 is 2.00 bits per heavy atom. The predicted molar refractivity (Wildman–Crippen MR) is 121 cm³/mol. The Morgan fingerprint density at radius 1 is 0.938 bits per heavy atom. The average molecular weight is 439 g/mol. The normalized spacial score (nSPS) is 14.2. The summed E-state index contributed by atoms with van der Waals surface area (Å²) in [6.07, 6.45) is -0.0806. The number of rotatable bonds is 9. The number of ether oxygens (including phenoxy) is 1. The van der Waals surface area contributed by atoms with E-state index in [4.69, 9.17) is 4.74 Å². The van der Waals surface area contributed by atoms with Gasteiger partial charge >= 0.3 is 12.1 Å². The number of nitrogens with one attached hydrogen (secondary N) is 2. The van der Waals surface area contributed by atoms with Crippen molar-refractivity contribution in [3.8, 4) is 11.1 Å². The highest BCUT2D eigenvalue weighted by Gasteiger charge is 2.30. The Morgan fingerprint density at radius 2 is 1.50 bits per heavy atom. The maximum absolute atomic E-state index is 12.6. The molecule has 32 heavy (non-hydrogen) atoms. The van der Waals surface area contributed by atoms with E-state index in [2.05, 4.69) is 22.8 Å².